The molecule has 2 aromatic rings. The van der Waals surface area contributed by atoms with Crippen LogP contribution < -0.4 is 16.0 Å². The molecule has 0 atom stereocenters. The Morgan fingerprint density at radius 2 is 1.95 bits per heavy atom. The summed E-state index contributed by atoms with van der Waals surface area (Å²) in [7, 11) is 3.59. The molecule has 0 aliphatic heterocycles. The van der Waals surface area contributed by atoms with E-state index in [9.17, 15) is 4.79 Å². The first-order valence-electron chi connectivity index (χ1n) is 6.90. The van der Waals surface area contributed by atoms with E-state index in [4.69, 9.17) is 5.73 Å². The van der Waals surface area contributed by atoms with Gasteiger partial charge in [-0.3, -0.25) is 4.79 Å². The lowest BCUT2D eigenvalue weighted by Gasteiger charge is -2.23. The van der Waals surface area contributed by atoms with Gasteiger partial charge in [0.1, 0.15) is 0 Å². The van der Waals surface area contributed by atoms with E-state index in [0.29, 0.717) is 11.3 Å². The Kier molecular flexibility index (Phi) is 4.48. The number of nitrogens with two attached hydrogens (primary N) is 1. The summed E-state index contributed by atoms with van der Waals surface area (Å²) in [6.45, 7) is 2.81. The maximum absolute atomic E-state index is 12.0. The number of nitrogens with one attached hydrogen (secondary N) is 1. The number of amides is 1. The van der Waals surface area contributed by atoms with Crippen molar-refractivity contribution in [2.45, 2.75) is 13.5 Å². The van der Waals surface area contributed by atoms with Gasteiger partial charge in [-0.1, -0.05) is 24.3 Å². The molecular formula is C17H21N3O. The van der Waals surface area contributed by atoms with Gasteiger partial charge in [-0.05, 0) is 36.2 Å². The molecule has 0 radical (unpaired) electrons. The second-order valence-electron chi connectivity index (χ2n) is 5.14. The van der Waals surface area contributed by atoms with E-state index in [1.165, 1.54) is 11.1 Å². The molecule has 4 heteroatoms. The van der Waals surface area contributed by atoms with Crippen molar-refractivity contribution in [1.29, 1.82) is 0 Å². The normalized spacial score (nSPS) is 10.2. The number of anilines is 2. The van der Waals surface area contributed by atoms with E-state index in [0.717, 1.165) is 12.2 Å². The number of hydrogen-bond acceptors (Lipinski definition) is 3. The van der Waals surface area contributed by atoms with Gasteiger partial charge in [0.15, 0.2) is 0 Å². The zero-order valence-electron chi connectivity index (χ0n) is 12.7. The summed E-state index contributed by atoms with van der Waals surface area (Å²) in [6.07, 6.45) is 0. The van der Waals surface area contributed by atoms with E-state index < -0.39 is 0 Å². The molecule has 2 rings (SSSR count). The molecule has 21 heavy (non-hydrogen) atoms. The highest BCUT2D eigenvalue weighted by Crippen LogP contribution is 2.24. The first-order chi connectivity index (χ1) is 10.0. The number of nitrogens with zero attached hydrogens (tertiary/aromatic N) is 1. The van der Waals surface area contributed by atoms with Crippen LogP contribution in [0.25, 0.3) is 0 Å². The van der Waals surface area contributed by atoms with Crippen LogP contribution in [0.1, 0.15) is 21.5 Å². The van der Waals surface area contributed by atoms with Gasteiger partial charge in [0, 0.05) is 26.3 Å². The lowest BCUT2D eigenvalue weighted by molar-refractivity contribution is 0.0963. The van der Waals surface area contributed by atoms with Crippen LogP contribution in [0.4, 0.5) is 11.4 Å². The second-order valence-corrected chi connectivity index (χ2v) is 5.14. The van der Waals surface area contributed by atoms with Crippen molar-refractivity contribution >= 4 is 17.3 Å². The lowest BCUT2D eigenvalue weighted by Crippen LogP contribution is -2.24. The minimum absolute atomic E-state index is 0.110. The SMILES string of the molecule is CNC(=O)c1ccc(N)cc1N(C)Cc1ccccc1C. The molecule has 3 N–H and O–H groups in total. The fourth-order valence-corrected chi connectivity index (χ4v) is 2.32. The average Bonchev–Trinajstić information content (AvgIpc) is 2.48. The number of nitrogen functional groups attached to an aromatic ring is 1. The molecule has 4 nitrogen and oxygen atoms in total. The Bertz CT molecular complexity index is 652. The molecular weight excluding hydrogens is 262 g/mol. The standard InChI is InChI=1S/C17H21N3O/c1-12-6-4-5-7-13(12)11-20(3)16-10-14(18)8-9-15(16)17(21)19-2/h4-10H,11,18H2,1-3H3,(H,19,21). The summed E-state index contributed by atoms with van der Waals surface area (Å²) < 4.78 is 0. The number of carbonyl (C=O) groups excluding carboxylic acids is 1. The molecule has 0 aliphatic rings. The minimum atomic E-state index is -0.110. The third kappa shape index (κ3) is 3.34. The number of hydrogen-bond donors (Lipinski definition) is 2. The summed E-state index contributed by atoms with van der Waals surface area (Å²) in [4.78, 5) is 14.0. The van der Waals surface area contributed by atoms with Crippen molar-refractivity contribution in [3.63, 3.8) is 0 Å². The van der Waals surface area contributed by atoms with Crippen molar-refractivity contribution in [2.24, 2.45) is 0 Å². The van der Waals surface area contributed by atoms with Crippen molar-refractivity contribution in [3.8, 4) is 0 Å². The Labute approximate surface area is 125 Å². The van der Waals surface area contributed by atoms with Crippen molar-refractivity contribution < 1.29 is 4.79 Å². The summed E-state index contributed by atoms with van der Waals surface area (Å²) >= 11 is 0. The van der Waals surface area contributed by atoms with Gasteiger partial charge in [0.2, 0.25) is 0 Å². The fourth-order valence-electron chi connectivity index (χ4n) is 2.32. The largest absolute Gasteiger partial charge is 0.399 e. The summed E-state index contributed by atoms with van der Waals surface area (Å²) in [6, 6.07) is 13.6. The second kappa shape index (κ2) is 6.31. The quantitative estimate of drug-likeness (QED) is 0.848. The van der Waals surface area contributed by atoms with Crippen molar-refractivity contribution in [1.82, 2.24) is 5.32 Å². The maximum Gasteiger partial charge on any atom is 0.253 e. The first kappa shape index (κ1) is 14.9. The Hall–Kier alpha value is -2.49. The Balaban J connectivity index is 2.34. The smallest absolute Gasteiger partial charge is 0.253 e. The molecule has 0 unspecified atom stereocenters. The van der Waals surface area contributed by atoms with Gasteiger partial charge in [-0.2, -0.15) is 0 Å². The van der Waals surface area contributed by atoms with E-state index in [-0.39, 0.29) is 5.91 Å². The number of aryl methyl sites for hydroxylation is 1. The molecule has 0 saturated heterocycles. The highest BCUT2D eigenvalue weighted by molar-refractivity contribution is 6.00. The Morgan fingerprint density at radius 3 is 2.62 bits per heavy atom. The van der Waals surface area contributed by atoms with Crippen LogP contribution >= 0.6 is 0 Å². The van der Waals surface area contributed by atoms with Gasteiger partial charge in [0.25, 0.3) is 5.91 Å². The van der Waals surface area contributed by atoms with E-state index in [1.807, 2.05) is 30.1 Å². The lowest BCUT2D eigenvalue weighted by atomic mass is 10.1. The van der Waals surface area contributed by atoms with Crippen LogP contribution in [0.3, 0.4) is 0 Å². The van der Waals surface area contributed by atoms with E-state index >= 15 is 0 Å². The average molecular weight is 283 g/mol. The predicted octanol–water partition coefficient (Wildman–Crippen LogP) is 2.57. The van der Waals surface area contributed by atoms with Crippen LogP contribution in [0.2, 0.25) is 0 Å². The molecule has 0 aliphatic carbocycles. The van der Waals surface area contributed by atoms with Crippen LogP contribution in [0.5, 0.6) is 0 Å². The zero-order valence-corrected chi connectivity index (χ0v) is 12.7. The number of rotatable bonds is 4. The van der Waals surface area contributed by atoms with Gasteiger partial charge < -0.3 is 16.0 Å². The summed E-state index contributed by atoms with van der Waals surface area (Å²) in [5, 5.41) is 2.66. The maximum atomic E-state index is 12.0. The van der Waals surface area contributed by atoms with Crippen molar-refractivity contribution in [2.75, 3.05) is 24.7 Å². The molecule has 0 saturated carbocycles. The van der Waals surface area contributed by atoms with E-state index in [2.05, 4.69) is 24.4 Å². The zero-order chi connectivity index (χ0) is 15.4. The van der Waals surface area contributed by atoms with Crippen LogP contribution in [-0.4, -0.2) is 20.0 Å². The third-order valence-electron chi connectivity index (χ3n) is 3.57. The van der Waals surface area contributed by atoms with Crippen LogP contribution in [0, 0.1) is 6.92 Å². The topological polar surface area (TPSA) is 58.4 Å². The fraction of sp³-hybridized carbons (Fsp3) is 0.235. The van der Waals surface area contributed by atoms with Crippen LogP contribution in [-0.2, 0) is 6.54 Å². The molecule has 0 aromatic heterocycles. The van der Waals surface area contributed by atoms with Gasteiger partial charge in [-0.25, -0.2) is 0 Å². The monoisotopic (exact) mass is 283 g/mol. The molecule has 110 valence electrons. The molecule has 0 fully saturated rings. The van der Waals surface area contributed by atoms with Crippen molar-refractivity contribution in [3.05, 3.63) is 59.2 Å². The van der Waals surface area contributed by atoms with Crippen LogP contribution in [0.15, 0.2) is 42.5 Å². The highest BCUT2D eigenvalue weighted by Gasteiger charge is 2.14. The minimum Gasteiger partial charge on any atom is -0.399 e. The molecule has 0 bridgehead atoms. The Morgan fingerprint density at radius 1 is 1.24 bits per heavy atom. The van der Waals surface area contributed by atoms with Gasteiger partial charge in [-0.15, -0.1) is 0 Å². The number of benzene rings is 2. The number of carbonyl (C=O) groups is 1. The molecule has 2 aromatic carbocycles. The summed E-state index contributed by atoms with van der Waals surface area (Å²) in [5.74, 6) is -0.110. The van der Waals surface area contributed by atoms with E-state index in [1.54, 1.807) is 19.2 Å². The third-order valence-corrected chi connectivity index (χ3v) is 3.57. The predicted molar refractivity (Wildman–Crippen MR) is 87.5 cm³/mol. The van der Waals surface area contributed by atoms with Gasteiger partial charge in [0.05, 0.1) is 11.3 Å². The highest BCUT2D eigenvalue weighted by atomic mass is 16.1. The molecule has 0 spiro atoms. The summed E-state index contributed by atoms with van der Waals surface area (Å²) in [5.41, 5.74) is 10.4. The molecule has 1 amide bonds. The molecule has 0 heterocycles. The first-order valence-corrected chi connectivity index (χ1v) is 6.90. The van der Waals surface area contributed by atoms with Gasteiger partial charge >= 0.3 is 0 Å².